The molecule has 1 aromatic rings. The number of benzene rings is 1. The molecule has 0 aromatic heterocycles. The molecule has 2 saturated heterocycles. The zero-order chi connectivity index (χ0) is 13.6. The highest BCUT2D eigenvalue weighted by Gasteiger charge is 2.23. The molecule has 2 aliphatic rings. The van der Waals surface area contributed by atoms with Crippen molar-refractivity contribution in [1.29, 1.82) is 0 Å². The van der Waals surface area contributed by atoms with E-state index >= 15 is 0 Å². The maximum absolute atomic E-state index is 5.87. The van der Waals surface area contributed by atoms with Crippen LogP contribution in [-0.4, -0.2) is 49.8 Å². The van der Waals surface area contributed by atoms with E-state index in [9.17, 15) is 0 Å². The second-order valence-corrected chi connectivity index (χ2v) is 6.09. The molecule has 0 bridgehead atoms. The zero-order valence-corrected chi connectivity index (χ0v) is 12.3. The van der Waals surface area contributed by atoms with Crippen LogP contribution in [0.2, 0.25) is 0 Å². The monoisotopic (exact) mass is 274 g/mol. The molecular formula is C17H26N2O. The van der Waals surface area contributed by atoms with Gasteiger partial charge in [-0.15, -0.1) is 0 Å². The van der Waals surface area contributed by atoms with Crippen LogP contribution in [0.4, 0.5) is 0 Å². The Morgan fingerprint density at radius 3 is 2.90 bits per heavy atom. The van der Waals surface area contributed by atoms with Gasteiger partial charge in [-0.2, -0.15) is 0 Å². The van der Waals surface area contributed by atoms with Crippen LogP contribution in [0, 0.1) is 0 Å². The fourth-order valence-electron chi connectivity index (χ4n) is 3.33. The highest BCUT2D eigenvalue weighted by Crippen LogP contribution is 2.15. The second kappa shape index (κ2) is 7.21. The van der Waals surface area contributed by atoms with Crippen LogP contribution < -0.4 is 5.32 Å². The summed E-state index contributed by atoms with van der Waals surface area (Å²) >= 11 is 0. The third-order valence-corrected chi connectivity index (χ3v) is 4.40. The molecule has 0 amide bonds. The predicted octanol–water partition coefficient (Wildman–Crippen LogP) is 2.07. The number of hydrogen-bond donors (Lipinski definition) is 1. The number of hydrogen-bond acceptors (Lipinski definition) is 3. The maximum atomic E-state index is 5.87. The first kappa shape index (κ1) is 14.1. The lowest BCUT2D eigenvalue weighted by Crippen LogP contribution is -2.53. The number of nitrogens with one attached hydrogen (secondary N) is 1. The fourth-order valence-corrected chi connectivity index (χ4v) is 3.33. The van der Waals surface area contributed by atoms with Crippen molar-refractivity contribution >= 4 is 0 Å². The molecule has 1 N–H and O–H groups in total. The van der Waals surface area contributed by atoms with Crippen molar-refractivity contribution in [1.82, 2.24) is 10.2 Å². The van der Waals surface area contributed by atoms with Crippen LogP contribution >= 0.6 is 0 Å². The van der Waals surface area contributed by atoms with E-state index in [1.807, 2.05) is 0 Å². The summed E-state index contributed by atoms with van der Waals surface area (Å²) in [6.45, 7) is 5.49. The van der Waals surface area contributed by atoms with Gasteiger partial charge in [-0.05, 0) is 31.2 Å². The molecule has 20 heavy (non-hydrogen) atoms. The van der Waals surface area contributed by atoms with E-state index < -0.39 is 0 Å². The van der Waals surface area contributed by atoms with Gasteiger partial charge in [0.15, 0.2) is 0 Å². The molecule has 3 rings (SSSR count). The molecule has 0 radical (unpaired) electrons. The topological polar surface area (TPSA) is 24.5 Å². The minimum atomic E-state index is 0.472. The molecule has 1 aromatic carbocycles. The van der Waals surface area contributed by atoms with Crippen molar-refractivity contribution in [2.24, 2.45) is 0 Å². The van der Waals surface area contributed by atoms with Crippen LogP contribution in [0.15, 0.2) is 30.3 Å². The average Bonchev–Trinajstić information content (AvgIpc) is 2.50. The summed E-state index contributed by atoms with van der Waals surface area (Å²) in [4.78, 5) is 2.58. The minimum absolute atomic E-state index is 0.472. The SMILES string of the molecule is c1ccc(CC2CN(CC3CCCCO3)CCN2)cc1. The molecule has 0 aliphatic carbocycles. The Bertz CT molecular complexity index is 389. The summed E-state index contributed by atoms with van der Waals surface area (Å²) in [7, 11) is 0. The van der Waals surface area contributed by atoms with Crippen molar-refractivity contribution in [3.05, 3.63) is 35.9 Å². The Morgan fingerprint density at radius 2 is 2.10 bits per heavy atom. The van der Waals surface area contributed by atoms with E-state index in [2.05, 4.69) is 40.5 Å². The van der Waals surface area contributed by atoms with Crippen LogP contribution in [0.1, 0.15) is 24.8 Å². The Balaban J connectivity index is 1.48. The van der Waals surface area contributed by atoms with Crippen molar-refractivity contribution in [2.45, 2.75) is 37.8 Å². The smallest absolute Gasteiger partial charge is 0.0702 e. The number of ether oxygens (including phenoxy) is 1. The van der Waals surface area contributed by atoms with Crippen molar-refractivity contribution in [2.75, 3.05) is 32.8 Å². The van der Waals surface area contributed by atoms with Gasteiger partial charge in [0.1, 0.15) is 0 Å². The summed E-state index contributed by atoms with van der Waals surface area (Å²) < 4.78 is 5.87. The van der Waals surface area contributed by atoms with Gasteiger partial charge in [0.25, 0.3) is 0 Å². The molecule has 2 unspecified atom stereocenters. The van der Waals surface area contributed by atoms with E-state index in [0.29, 0.717) is 12.1 Å². The number of nitrogens with zero attached hydrogens (tertiary/aromatic N) is 1. The molecule has 2 atom stereocenters. The largest absolute Gasteiger partial charge is 0.377 e. The summed E-state index contributed by atoms with van der Waals surface area (Å²) in [6, 6.07) is 11.4. The maximum Gasteiger partial charge on any atom is 0.0702 e. The van der Waals surface area contributed by atoms with Crippen molar-refractivity contribution in [3.63, 3.8) is 0 Å². The standard InChI is InChI=1S/C17H26N2O/c1-2-6-15(7-3-1)12-16-13-19(10-9-18-16)14-17-8-4-5-11-20-17/h1-3,6-7,16-18H,4-5,8-14H2. The van der Waals surface area contributed by atoms with Crippen molar-refractivity contribution in [3.8, 4) is 0 Å². The second-order valence-electron chi connectivity index (χ2n) is 6.09. The first-order valence-electron chi connectivity index (χ1n) is 8.01. The molecule has 0 saturated carbocycles. The average molecular weight is 274 g/mol. The van der Waals surface area contributed by atoms with Crippen LogP contribution in [-0.2, 0) is 11.2 Å². The molecular weight excluding hydrogens is 248 g/mol. The Labute approximate surface area is 122 Å². The fraction of sp³-hybridized carbons (Fsp3) is 0.647. The lowest BCUT2D eigenvalue weighted by molar-refractivity contribution is -0.0101. The summed E-state index contributed by atoms with van der Waals surface area (Å²) in [5.41, 5.74) is 1.43. The van der Waals surface area contributed by atoms with E-state index in [4.69, 9.17) is 4.74 Å². The van der Waals surface area contributed by atoms with Gasteiger partial charge < -0.3 is 10.1 Å². The molecule has 2 heterocycles. The first-order valence-corrected chi connectivity index (χ1v) is 8.01. The zero-order valence-electron chi connectivity index (χ0n) is 12.3. The van der Waals surface area contributed by atoms with Gasteiger partial charge >= 0.3 is 0 Å². The van der Waals surface area contributed by atoms with Gasteiger partial charge in [-0.3, -0.25) is 4.90 Å². The van der Waals surface area contributed by atoms with E-state index in [1.165, 1.54) is 24.8 Å². The summed E-state index contributed by atoms with van der Waals surface area (Å²) in [5.74, 6) is 0. The highest BCUT2D eigenvalue weighted by atomic mass is 16.5. The minimum Gasteiger partial charge on any atom is -0.377 e. The molecule has 2 fully saturated rings. The van der Waals surface area contributed by atoms with Gasteiger partial charge in [-0.1, -0.05) is 30.3 Å². The van der Waals surface area contributed by atoms with E-state index in [1.54, 1.807) is 0 Å². The molecule has 0 spiro atoms. The van der Waals surface area contributed by atoms with Gasteiger partial charge in [0, 0.05) is 38.8 Å². The Hall–Kier alpha value is -0.900. The third kappa shape index (κ3) is 4.05. The first-order chi connectivity index (χ1) is 9.90. The van der Waals surface area contributed by atoms with Crippen LogP contribution in [0.3, 0.4) is 0 Å². The third-order valence-electron chi connectivity index (χ3n) is 4.40. The summed E-state index contributed by atoms with van der Waals surface area (Å²) in [6.07, 6.45) is 5.42. The van der Waals surface area contributed by atoms with E-state index in [-0.39, 0.29) is 0 Å². The molecule has 3 heteroatoms. The molecule has 110 valence electrons. The molecule has 2 aliphatic heterocycles. The Morgan fingerprint density at radius 1 is 1.20 bits per heavy atom. The number of piperazine rings is 1. The predicted molar refractivity (Wildman–Crippen MR) is 82.0 cm³/mol. The highest BCUT2D eigenvalue weighted by molar-refractivity contribution is 5.16. The normalized spacial score (nSPS) is 28.4. The van der Waals surface area contributed by atoms with Gasteiger partial charge in [0.05, 0.1) is 6.10 Å². The van der Waals surface area contributed by atoms with Crippen molar-refractivity contribution < 1.29 is 4.74 Å². The molecule has 3 nitrogen and oxygen atoms in total. The van der Waals surface area contributed by atoms with Gasteiger partial charge in [0.2, 0.25) is 0 Å². The lowest BCUT2D eigenvalue weighted by Gasteiger charge is -2.36. The lowest BCUT2D eigenvalue weighted by atomic mass is 10.0. The van der Waals surface area contributed by atoms with Crippen LogP contribution in [0.25, 0.3) is 0 Å². The van der Waals surface area contributed by atoms with E-state index in [0.717, 1.165) is 39.2 Å². The van der Waals surface area contributed by atoms with Gasteiger partial charge in [-0.25, -0.2) is 0 Å². The van der Waals surface area contributed by atoms with Crippen LogP contribution in [0.5, 0.6) is 0 Å². The summed E-state index contributed by atoms with van der Waals surface area (Å²) in [5, 5.41) is 3.65. The number of rotatable bonds is 4. The Kier molecular flexibility index (Phi) is 5.06. The quantitative estimate of drug-likeness (QED) is 0.910.